The summed E-state index contributed by atoms with van der Waals surface area (Å²) in [4.78, 5) is 0. The number of ether oxygens (including phenoxy) is 12. The summed E-state index contributed by atoms with van der Waals surface area (Å²) in [5.41, 5.74) is 0. The molecule has 0 aromatic heterocycles. The lowest BCUT2D eigenvalue weighted by atomic mass is 9.81. The molecule has 34 unspecified atom stereocenters. The Morgan fingerprint density at radius 3 is 0.922 bits per heavy atom. The first-order valence-electron chi connectivity index (χ1n) is 24.9. The zero-order valence-corrected chi connectivity index (χ0v) is 40.7. The standard InChI is InChI=1S/C43H74O34/c44-2-13-10(1-12-22(54)25(57)35(16(5-47)67-12)74-42-32(64)28(60)37(18(7-49)71-42)76-40-30(62)24(56)23(55)14(3-45)69-40)20(52)29(61)39(68-13)75-36-17(6-48)72-43(33(65)27(36)59)77-38-19(8-50)70-41(31(63)26(38)58)73-34-15(4-46)66-9-11(51)21(34)53/h10-65H,1-9H2. The van der Waals surface area contributed by atoms with Gasteiger partial charge in [0.25, 0.3) is 0 Å². The van der Waals surface area contributed by atoms with Crippen LogP contribution in [0.1, 0.15) is 6.42 Å². The van der Waals surface area contributed by atoms with E-state index < -0.39 is 261 Å². The highest BCUT2D eigenvalue weighted by Gasteiger charge is 2.58. The van der Waals surface area contributed by atoms with E-state index in [2.05, 4.69) is 0 Å². The summed E-state index contributed by atoms with van der Waals surface area (Å²) in [7, 11) is 0. The second kappa shape index (κ2) is 27.4. The van der Waals surface area contributed by atoms with Crippen LogP contribution in [0.4, 0.5) is 0 Å². The summed E-state index contributed by atoms with van der Waals surface area (Å²) in [5, 5.41) is 234. The van der Waals surface area contributed by atoms with Crippen LogP contribution >= 0.6 is 0 Å². The predicted octanol–water partition coefficient (Wildman–Crippen LogP) is -14.9. The van der Waals surface area contributed by atoms with Crippen molar-refractivity contribution >= 4 is 0 Å². The first kappa shape index (κ1) is 63.2. The van der Waals surface area contributed by atoms with Crippen molar-refractivity contribution in [1.82, 2.24) is 0 Å². The quantitative estimate of drug-likeness (QED) is 0.0571. The lowest BCUT2D eigenvalue weighted by Crippen LogP contribution is -2.67. The van der Waals surface area contributed by atoms with Crippen molar-refractivity contribution in [2.75, 3.05) is 52.9 Å². The summed E-state index contributed by atoms with van der Waals surface area (Å²) in [6.07, 6.45) is -60.2. The normalized spacial score (nSPS) is 53.1. The van der Waals surface area contributed by atoms with Gasteiger partial charge >= 0.3 is 0 Å². The number of rotatable bonds is 19. The number of hydrogen-bond donors (Lipinski definition) is 22. The Labute approximate surface area is 436 Å². The fourth-order valence-corrected chi connectivity index (χ4v) is 10.5. The lowest BCUT2D eigenvalue weighted by Gasteiger charge is -2.50. The molecule has 0 saturated carbocycles. The largest absolute Gasteiger partial charge is 0.394 e. The fourth-order valence-electron chi connectivity index (χ4n) is 10.5. The van der Waals surface area contributed by atoms with Crippen LogP contribution in [0, 0.1) is 5.92 Å². The van der Waals surface area contributed by atoms with Gasteiger partial charge in [0.2, 0.25) is 0 Å². The van der Waals surface area contributed by atoms with E-state index in [0.29, 0.717) is 0 Å². The fraction of sp³-hybridized carbons (Fsp3) is 1.00. The second-order valence-electron chi connectivity index (χ2n) is 19.9. The van der Waals surface area contributed by atoms with Gasteiger partial charge in [-0.15, -0.1) is 0 Å². The predicted molar refractivity (Wildman–Crippen MR) is 234 cm³/mol. The van der Waals surface area contributed by atoms with E-state index in [9.17, 15) is 112 Å². The first-order chi connectivity index (χ1) is 36.6. The van der Waals surface area contributed by atoms with Crippen molar-refractivity contribution in [3.8, 4) is 0 Å². The molecule has 34 heteroatoms. The molecule has 7 heterocycles. The van der Waals surface area contributed by atoms with Gasteiger partial charge in [-0.05, 0) is 6.42 Å². The molecular weight excluding hydrogens is 1060 g/mol. The Bertz CT molecular complexity index is 1770. The molecule has 0 aliphatic carbocycles. The van der Waals surface area contributed by atoms with Crippen LogP contribution in [-0.4, -0.2) is 368 Å². The van der Waals surface area contributed by atoms with Gasteiger partial charge in [-0.25, -0.2) is 0 Å². The number of aliphatic hydroxyl groups excluding tert-OH is 22. The highest BCUT2D eigenvalue weighted by Crippen LogP contribution is 2.39. The van der Waals surface area contributed by atoms with Gasteiger partial charge in [0, 0.05) is 5.92 Å². The van der Waals surface area contributed by atoms with Crippen molar-refractivity contribution in [3.05, 3.63) is 0 Å². The smallest absolute Gasteiger partial charge is 0.187 e. The van der Waals surface area contributed by atoms with Crippen LogP contribution < -0.4 is 0 Å². The maximum atomic E-state index is 11.4. The molecule has 7 rings (SSSR count). The topological polar surface area (TPSA) is 556 Å². The third-order valence-electron chi connectivity index (χ3n) is 15.0. The molecule has 0 aromatic carbocycles. The van der Waals surface area contributed by atoms with Crippen LogP contribution in [0.15, 0.2) is 0 Å². The molecule has 7 saturated heterocycles. The van der Waals surface area contributed by atoms with Gasteiger partial charge < -0.3 is 169 Å². The van der Waals surface area contributed by atoms with Gasteiger partial charge in [0.15, 0.2) is 31.5 Å². The number of hydrogen-bond acceptors (Lipinski definition) is 34. The minimum Gasteiger partial charge on any atom is -0.394 e. The second-order valence-corrected chi connectivity index (χ2v) is 19.9. The van der Waals surface area contributed by atoms with Crippen molar-refractivity contribution < 1.29 is 169 Å². The molecule has 22 N–H and O–H groups in total. The molecule has 450 valence electrons. The summed E-state index contributed by atoms with van der Waals surface area (Å²) in [5.74, 6) is -1.39. The van der Waals surface area contributed by atoms with Gasteiger partial charge in [0.05, 0.1) is 71.2 Å². The summed E-state index contributed by atoms with van der Waals surface area (Å²) in [6, 6.07) is 0. The Morgan fingerprint density at radius 2 is 0.545 bits per heavy atom. The zero-order valence-electron chi connectivity index (χ0n) is 40.7. The molecule has 7 aliphatic rings. The Hall–Kier alpha value is -1.36. The minimum atomic E-state index is -2.15. The molecule has 7 fully saturated rings. The van der Waals surface area contributed by atoms with Crippen LogP contribution in [0.3, 0.4) is 0 Å². The maximum absolute atomic E-state index is 11.4. The van der Waals surface area contributed by atoms with Gasteiger partial charge in [-0.2, -0.15) is 0 Å². The van der Waals surface area contributed by atoms with Crippen LogP contribution in [0.2, 0.25) is 0 Å². The summed E-state index contributed by atoms with van der Waals surface area (Å²) >= 11 is 0. The van der Waals surface area contributed by atoms with Crippen molar-refractivity contribution in [3.63, 3.8) is 0 Å². The molecule has 0 bridgehead atoms. The van der Waals surface area contributed by atoms with Crippen LogP contribution in [-0.2, 0) is 56.8 Å². The summed E-state index contributed by atoms with van der Waals surface area (Å²) < 4.78 is 67.2. The Kier molecular flexibility index (Phi) is 22.5. The average Bonchev–Trinajstić information content (AvgIpc) is 3.43. The highest BCUT2D eigenvalue weighted by atomic mass is 16.8. The highest BCUT2D eigenvalue weighted by molar-refractivity contribution is 5.02. The van der Waals surface area contributed by atoms with Crippen LogP contribution in [0.25, 0.3) is 0 Å². The lowest BCUT2D eigenvalue weighted by molar-refractivity contribution is -0.384. The van der Waals surface area contributed by atoms with E-state index in [1.807, 2.05) is 0 Å². The third kappa shape index (κ3) is 13.1. The maximum Gasteiger partial charge on any atom is 0.187 e. The molecule has 0 radical (unpaired) electrons. The molecule has 0 spiro atoms. The van der Waals surface area contributed by atoms with E-state index in [-0.39, 0.29) is 6.61 Å². The van der Waals surface area contributed by atoms with E-state index in [0.717, 1.165) is 0 Å². The Morgan fingerprint density at radius 1 is 0.260 bits per heavy atom. The van der Waals surface area contributed by atoms with E-state index in [4.69, 9.17) is 56.8 Å². The monoisotopic (exact) mass is 1130 g/mol. The average molecular weight is 1140 g/mol. The SMILES string of the molecule is OCC1OC(OC2C(CO)OC(OC3C(CO)OC(CC4C(CO)OC(OC5C(CO)OC(OC6C(CO)OC(OC7C(CO)OCC(O)C7O)C(O)C6O)C(O)C5O)C(O)C4O)C(O)C3O)C(O)C2O)C(O)C(O)C1O. The molecular formula is C43H74O34. The Balaban J connectivity index is 0.947. The van der Waals surface area contributed by atoms with Gasteiger partial charge in [0.1, 0.15) is 153 Å². The van der Waals surface area contributed by atoms with Gasteiger partial charge in [-0.3, -0.25) is 0 Å². The molecule has 77 heavy (non-hydrogen) atoms. The van der Waals surface area contributed by atoms with E-state index in [1.165, 1.54) is 0 Å². The van der Waals surface area contributed by atoms with Crippen molar-refractivity contribution in [2.45, 2.75) is 209 Å². The van der Waals surface area contributed by atoms with E-state index >= 15 is 0 Å². The molecule has 34 atom stereocenters. The molecule has 7 aliphatic heterocycles. The molecule has 0 aromatic rings. The zero-order chi connectivity index (χ0) is 56.5. The number of aliphatic hydroxyl groups is 22. The van der Waals surface area contributed by atoms with Crippen molar-refractivity contribution in [2.24, 2.45) is 5.92 Å². The van der Waals surface area contributed by atoms with E-state index in [1.54, 1.807) is 0 Å². The minimum absolute atomic E-state index is 0.363. The molecule has 34 nitrogen and oxygen atoms in total. The molecule has 0 amide bonds. The van der Waals surface area contributed by atoms with Gasteiger partial charge in [-0.1, -0.05) is 0 Å². The third-order valence-corrected chi connectivity index (χ3v) is 15.0. The van der Waals surface area contributed by atoms with Crippen molar-refractivity contribution in [1.29, 1.82) is 0 Å². The first-order valence-corrected chi connectivity index (χ1v) is 24.9. The van der Waals surface area contributed by atoms with Crippen LogP contribution in [0.5, 0.6) is 0 Å². The summed E-state index contributed by atoms with van der Waals surface area (Å²) in [6.45, 7) is -6.69.